The molecular formula is C14H26BNO4. The molecule has 114 valence electrons. The van der Waals surface area contributed by atoms with Crippen LogP contribution in [-0.2, 0) is 14.0 Å². The highest BCUT2D eigenvalue weighted by atomic mass is 16.7. The third-order valence-electron chi connectivity index (χ3n) is 4.22. The van der Waals surface area contributed by atoms with E-state index in [0.29, 0.717) is 13.1 Å². The second-order valence-electron chi connectivity index (χ2n) is 7.77. The predicted molar refractivity (Wildman–Crippen MR) is 77.6 cm³/mol. The lowest BCUT2D eigenvalue weighted by molar-refractivity contribution is 0.00578. The predicted octanol–water partition coefficient (Wildman–Crippen LogP) is 2.70. The zero-order valence-electron chi connectivity index (χ0n) is 13.6. The maximum Gasteiger partial charge on any atom is 0.464 e. The Balaban J connectivity index is 1.85. The zero-order chi connectivity index (χ0) is 15.3. The van der Waals surface area contributed by atoms with E-state index in [1.807, 2.05) is 48.5 Å². The van der Waals surface area contributed by atoms with E-state index < -0.39 is 5.60 Å². The van der Waals surface area contributed by atoms with Crippen molar-refractivity contribution in [3.05, 3.63) is 0 Å². The van der Waals surface area contributed by atoms with Crippen molar-refractivity contribution in [2.24, 2.45) is 0 Å². The Labute approximate surface area is 122 Å². The lowest BCUT2D eigenvalue weighted by Crippen LogP contribution is -2.54. The topological polar surface area (TPSA) is 48.0 Å². The molecule has 5 nitrogen and oxygen atoms in total. The number of rotatable bonds is 1. The fourth-order valence-corrected chi connectivity index (χ4v) is 2.24. The van der Waals surface area contributed by atoms with Crippen LogP contribution in [0.1, 0.15) is 48.5 Å². The molecule has 0 aromatic carbocycles. The molecule has 6 heteroatoms. The average Bonchev–Trinajstić information content (AvgIpc) is 2.28. The molecule has 2 heterocycles. The van der Waals surface area contributed by atoms with E-state index in [2.05, 4.69) is 0 Å². The van der Waals surface area contributed by atoms with Gasteiger partial charge in [-0.1, -0.05) is 0 Å². The van der Waals surface area contributed by atoms with Gasteiger partial charge in [0.25, 0.3) is 0 Å². The third kappa shape index (κ3) is 2.96. The van der Waals surface area contributed by atoms with Crippen molar-refractivity contribution in [1.82, 2.24) is 4.90 Å². The Morgan fingerprint density at radius 3 is 2.00 bits per heavy atom. The van der Waals surface area contributed by atoms with E-state index in [-0.39, 0.29) is 30.2 Å². The highest BCUT2D eigenvalue weighted by molar-refractivity contribution is 6.48. The van der Waals surface area contributed by atoms with E-state index in [1.165, 1.54) is 0 Å². The van der Waals surface area contributed by atoms with Crippen LogP contribution in [0.2, 0.25) is 5.82 Å². The summed E-state index contributed by atoms with van der Waals surface area (Å²) in [7, 11) is -0.237. The molecule has 0 saturated carbocycles. The number of ether oxygens (including phenoxy) is 1. The molecule has 2 saturated heterocycles. The number of amides is 1. The van der Waals surface area contributed by atoms with E-state index in [0.717, 1.165) is 0 Å². The first-order valence-electron chi connectivity index (χ1n) is 7.25. The number of hydrogen-bond acceptors (Lipinski definition) is 4. The number of carbonyl (C=O) groups excluding carboxylic acids is 1. The Morgan fingerprint density at radius 1 is 1.15 bits per heavy atom. The normalized spacial score (nSPS) is 25.6. The molecule has 2 fully saturated rings. The smallest absolute Gasteiger partial charge is 0.444 e. The van der Waals surface area contributed by atoms with Crippen LogP contribution in [-0.4, -0.2) is 48.0 Å². The van der Waals surface area contributed by atoms with Crippen LogP contribution in [0.25, 0.3) is 0 Å². The van der Waals surface area contributed by atoms with Crippen LogP contribution in [0.4, 0.5) is 4.79 Å². The quantitative estimate of drug-likeness (QED) is 0.694. The number of likely N-dealkylation sites (tertiary alicyclic amines) is 1. The minimum absolute atomic E-state index is 0.226. The Kier molecular flexibility index (Phi) is 3.62. The summed E-state index contributed by atoms with van der Waals surface area (Å²) in [5.41, 5.74) is -1.08. The van der Waals surface area contributed by atoms with Gasteiger partial charge in [0, 0.05) is 18.9 Å². The highest BCUT2D eigenvalue weighted by Gasteiger charge is 2.56. The molecule has 0 aliphatic carbocycles. The molecule has 0 aromatic rings. The van der Waals surface area contributed by atoms with Crippen LogP contribution in [0.3, 0.4) is 0 Å². The summed E-state index contributed by atoms with van der Waals surface area (Å²) >= 11 is 0. The van der Waals surface area contributed by atoms with Gasteiger partial charge in [-0.2, -0.15) is 0 Å². The molecule has 2 aliphatic heterocycles. The fourth-order valence-electron chi connectivity index (χ4n) is 2.24. The molecule has 0 atom stereocenters. The van der Waals surface area contributed by atoms with Crippen LogP contribution in [0, 0.1) is 0 Å². The molecule has 0 N–H and O–H groups in total. The monoisotopic (exact) mass is 283 g/mol. The van der Waals surface area contributed by atoms with Gasteiger partial charge in [0.2, 0.25) is 0 Å². The fraction of sp³-hybridized carbons (Fsp3) is 0.929. The van der Waals surface area contributed by atoms with Gasteiger partial charge in [-0.25, -0.2) is 4.79 Å². The first-order valence-corrected chi connectivity index (χ1v) is 7.25. The van der Waals surface area contributed by atoms with Gasteiger partial charge in [0.15, 0.2) is 0 Å². The minimum atomic E-state index is -0.452. The van der Waals surface area contributed by atoms with E-state index in [4.69, 9.17) is 14.0 Å². The molecule has 0 spiro atoms. The molecule has 0 bridgehead atoms. The Hall–Kier alpha value is -0.745. The maximum absolute atomic E-state index is 11.9. The molecule has 0 radical (unpaired) electrons. The van der Waals surface area contributed by atoms with Crippen molar-refractivity contribution in [1.29, 1.82) is 0 Å². The van der Waals surface area contributed by atoms with Crippen molar-refractivity contribution >= 4 is 13.2 Å². The third-order valence-corrected chi connectivity index (χ3v) is 4.22. The summed E-state index contributed by atoms with van der Waals surface area (Å²) in [6, 6.07) is 0. The van der Waals surface area contributed by atoms with Gasteiger partial charge < -0.3 is 18.9 Å². The average molecular weight is 283 g/mol. The first kappa shape index (κ1) is 15.6. The van der Waals surface area contributed by atoms with Gasteiger partial charge in [-0.3, -0.25) is 0 Å². The van der Waals surface area contributed by atoms with Gasteiger partial charge in [-0.15, -0.1) is 0 Å². The van der Waals surface area contributed by atoms with Crippen molar-refractivity contribution in [2.75, 3.05) is 13.1 Å². The Morgan fingerprint density at radius 2 is 1.60 bits per heavy atom. The second kappa shape index (κ2) is 4.63. The number of hydrogen-bond donors (Lipinski definition) is 0. The van der Waals surface area contributed by atoms with E-state index >= 15 is 0 Å². The molecule has 0 unspecified atom stereocenters. The van der Waals surface area contributed by atoms with E-state index in [1.54, 1.807) is 4.90 Å². The first-order chi connectivity index (χ1) is 8.91. The van der Waals surface area contributed by atoms with Crippen LogP contribution in [0.5, 0.6) is 0 Å². The lowest BCUT2D eigenvalue weighted by Gasteiger charge is -2.40. The minimum Gasteiger partial charge on any atom is -0.444 e. The standard InChI is InChI=1S/C14H26BNO4/c1-12(2,3)18-11(17)16-8-10(9-16)15-19-13(4,5)14(6,7)20-15/h10H,8-9H2,1-7H3. The Bertz CT molecular complexity index is 380. The molecule has 1 amide bonds. The summed E-state index contributed by atoms with van der Waals surface area (Å²) in [5, 5.41) is 0. The largest absolute Gasteiger partial charge is 0.464 e. The van der Waals surface area contributed by atoms with Crippen molar-refractivity contribution in [3.8, 4) is 0 Å². The number of nitrogens with zero attached hydrogens (tertiary/aromatic N) is 1. The van der Waals surface area contributed by atoms with Crippen molar-refractivity contribution < 1.29 is 18.8 Å². The van der Waals surface area contributed by atoms with Crippen LogP contribution in [0.15, 0.2) is 0 Å². The molecule has 2 rings (SSSR count). The molecule has 2 aliphatic rings. The van der Waals surface area contributed by atoms with Gasteiger partial charge in [0.1, 0.15) is 5.60 Å². The second-order valence-corrected chi connectivity index (χ2v) is 7.77. The summed E-state index contributed by atoms with van der Waals surface area (Å²) in [4.78, 5) is 13.6. The summed E-state index contributed by atoms with van der Waals surface area (Å²) in [6.45, 7) is 15.0. The SMILES string of the molecule is CC(C)(C)OC(=O)N1CC(B2OC(C)(C)C(C)(C)O2)C1. The van der Waals surface area contributed by atoms with E-state index in [9.17, 15) is 4.79 Å². The summed E-state index contributed by atoms with van der Waals surface area (Å²) in [6.07, 6.45) is -0.259. The van der Waals surface area contributed by atoms with Gasteiger partial charge >= 0.3 is 13.2 Å². The molecular weight excluding hydrogens is 257 g/mol. The lowest BCUT2D eigenvalue weighted by atomic mass is 9.67. The molecule has 0 aromatic heterocycles. The summed E-state index contributed by atoms with van der Waals surface area (Å²) < 4.78 is 17.3. The van der Waals surface area contributed by atoms with Crippen LogP contribution < -0.4 is 0 Å². The summed E-state index contributed by atoms with van der Waals surface area (Å²) in [5.74, 6) is 0.226. The zero-order valence-corrected chi connectivity index (χ0v) is 13.6. The van der Waals surface area contributed by atoms with Gasteiger partial charge in [0.05, 0.1) is 11.2 Å². The van der Waals surface area contributed by atoms with Gasteiger partial charge in [-0.05, 0) is 48.5 Å². The highest BCUT2D eigenvalue weighted by Crippen LogP contribution is 2.42. The van der Waals surface area contributed by atoms with Crippen molar-refractivity contribution in [2.45, 2.75) is 71.1 Å². The number of carbonyl (C=O) groups is 1. The van der Waals surface area contributed by atoms with Crippen LogP contribution >= 0.6 is 0 Å². The van der Waals surface area contributed by atoms with Crippen molar-refractivity contribution in [3.63, 3.8) is 0 Å². The molecule has 20 heavy (non-hydrogen) atoms. The maximum atomic E-state index is 11.9.